The monoisotopic (exact) mass is 258 g/mol. The second-order valence-corrected chi connectivity index (χ2v) is 7.84. The summed E-state index contributed by atoms with van der Waals surface area (Å²) in [5.41, 5.74) is 0. The summed E-state index contributed by atoms with van der Waals surface area (Å²) in [4.78, 5) is 0. The summed E-state index contributed by atoms with van der Waals surface area (Å²) in [5.74, 6) is 0.646. The smallest absolute Gasteiger partial charge is 0.218 e. The van der Waals surface area contributed by atoms with E-state index in [0.717, 1.165) is 32.4 Å². The lowest BCUT2D eigenvalue weighted by Gasteiger charge is -2.32. The number of nitrogens with zero attached hydrogens (tertiary/aromatic N) is 1. The fraction of sp³-hybridized carbons (Fsp3) is 1.00. The molecule has 3 unspecified atom stereocenters. The summed E-state index contributed by atoms with van der Waals surface area (Å²) in [6.45, 7) is 2.27. The molecular weight excluding hydrogens is 236 g/mol. The fourth-order valence-corrected chi connectivity index (χ4v) is 5.89. The van der Waals surface area contributed by atoms with Crippen molar-refractivity contribution in [2.24, 2.45) is 5.92 Å². The first kappa shape index (κ1) is 11.9. The summed E-state index contributed by atoms with van der Waals surface area (Å²) in [6, 6.07) is 0.328. The van der Waals surface area contributed by atoms with Gasteiger partial charge in [0.2, 0.25) is 10.0 Å². The molecule has 98 valence electrons. The molecule has 0 spiro atoms. The van der Waals surface area contributed by atoms with Gasteiger partial charge in [-0.2, -0.15) is 4.31 Å². The van der Waals surface area contributed by atoms with Crippen LogP contribution in [0.1, 0.15) is 38.5 Å². The van der Waals surface area contributed by atoms with Crippen molar-refractivity contribution in [2.75, 3.05) is 19.6 Å². The third kappa shape index (κ3) is 2.02. The van der Waals surface area contributed by atoms with Crippen LogP contribution in [0.2, 0.25) is 0 Å². The van der Waals surface area contributed by atoms with Crippen molar-refractivity contribution in [1.29, 1.82) is 0 Å². The van der Waals surface area contributed by atoms with E-state index in [9.17, 15) is 8.42 Å². The van der Waals surface area contributed by atoms with Crippen LogP contribution in [0.15, 0.2) is 0 Å². The molecule has 3 rings (SSSR count). The highest BCUT2D eigenvalue weighted by Gasteiger charge is 2.44. The Hall–Kier alpha value is -0.130. The number of sulfonamides is 1. The third-order valence-corrected chi connectivity index (χ3v) is 7.07. The first-order chi connectivity index (χ1) is 8.19. The predicted molar refractivity (Wildman–Crippen MR) is 67.3 cm³/mol. The summed E-state index contributed by atoms with van der Waals surface area (Å²) in [5, 5.41) is 3.00. The summed E-state index contributed by atoms with van der Waals surface area (Å²) in [7, 11) is -3.04. The molecule has 17 heavy (non-hydrogen) atoms. The Balaban J connectivity index is 1.79. The number of hydrogen-bond donors (Lipinski definition) is 1. The number of hydrogen-bond acceptors (Lipinski definition) is 3. The van der Waals surface area contributed by atoms with Crippen LogP contribution >= 0.6 is 0 Å². The molecule has 2 heterocycles. The minimum Gasteiger partial charge on any atom is -0.315 e. The molecule has 3 atom stereocenters. The van der Waals surface area contributed by atoms with Crippen molar-refractivity contribution < 1.29 is 8.42 Å². The summed E-state index contributed by atoms with van der Waals surface area (Å²) >= 11 is 0. The highest BCUT2D eigenvalue weighted by atomic mass is 32.2. The third-order valence-electron chi connectivity index (χ3n) is 4.72. The van der Waals surface area contributed by atoms with Crippen LogP contribution < -0.4 is 5.32 Å². The van der Waals surface area contributed by atoms with Gasteiger partial charge in [-0.15, -0.1) is 0 Å². The van der Waals surface area contributed by atoms with Crippen molar-refractivity contribution >= 4 is 10.0 Å². The normalized spacial score (nSPS) is 39.4. The van der Waals surface area contributed by atoms with Gasteiger partial charge in [0.25, 0.3) is 0 Å². The topological polar surface area (TPSA) is 49.4 Å². The van der Waals surface area contributed by atoms with Crippen molar-refractivity contribution in [2.45, 2.75) is 49.8 Å². The van der Waals surface area contributed by atoms with Crippen LogP contribution in [-0.4, -0.2) is 43.6 Å². The first-order valence-corrected chi connectivity index (χ1v) is 8.41. The molecule has 5 heteroatoms. The Morgan fingerprint density at radius 2 is 1.88 bits per heavy atom. The molecule has 1 N–H and O–H groups in total. The van der Waals surface area contributed by atoms with Crippen LogP contribution in [0.5, 0.6) is 0 Å². The molecule has 1 saturated carbocycles. The van der Waals surface area contributed by atoms with Crippen molar-refractivity contribution in [3.63, 3.8) is 0 Å². The maximum atomic E-state index is 12.6. The highest BCUT2D eigenvalue weighted by Crippen LogP contribution is 2.38. The molecule has 2 aliphatic heterocycles. The fourth-order valence-electron chi connectivity index (χ4n) is 3.75. The molecule has 3 fully saturated rings. The van der Waals surface area contributed by atoms with Crippen molar-refractivity contribution in [3.05, 3.63) is 0 Å². The predicted octanol–water partition coefficient (Wildman–Crippen LogP) is 0.943. The van der Waals surface area contributed by atoms with Crippen LogP contribution in [0, 0.1) is 5.92 Å². The lowest BCUT2D eigenvalue weighted by molar-refractivity contribution is 0.259. The first-order valence-electron chi connectivity index (χ1n) is 6.91. The van der Waals surface area contributed by atoms with Gasteiger partial charge < -0.3 is 5.32 Å². The zero-order chi connectivity index (χ0) is 11.9. The van der Waals surface area contributed by atoms with Gasteiger partial charge in [0.1, 0.15) is 0 Å². The van der Waals surface area contributed by atoms with Crippen LogP contribution in [0.3, 0.4) is 0 Å². The maximum absolute atomic E-state index is 12.6. The van der Waals surface area contributed by atoms with E-state index in [1.165, 1.54) is 19.3 Å². The molecular formula is C12H22N2O2S. The molecule has 3 aliphatic rings. The molecule has 0 aromatic carbocycles. The van der Waals surface area contributed by atoms with Crippen LogP contribution in [0.25, 0.3) is 0 Å². The van der Waals surface area contributed by atoms with Crippen LogP contribution in [0.4, 0.5) is 0 Å². The molecule has 0 aromatic heterocycles. The summed E-state index contributed by atoms with van der Waals surface area (Å²) in [6.07, 6.45) is 6.69. The zero-order valence-electron chi connectivity index (χ0n) is 10.3. The zero-order valence-corrected chi connectivity index (χ0v) is 11.1. The van der Waals surface area contributed by atoms with Gasteiger partial charge in [-0.05, 0) is 38.1 Å². The van der Waals surface area contributed by atoms with E-state index in [4.69, 9.17) is 0 Å². The van der Waals surface area contributed by atoms with Crippen LogP contribution in [-0.2, 0) is 10.0 Å². The van der Waals surface area contributed by atoms with E-state index in [1.807, 2.05) is 4.31 Å². The largest absolute Gasteiger partial charge is 0.315 e. The number of fused-ring (bicyclic) bond motifs is 1. The second-order valence-electron chi connectivity index (χ2n) is 5.67. The Bertz CT molecular complexity index is 376. The Morgan fingerprint density at radius 3 is 2.65 bits per heavy atom. The lowest BCUT2D eigenvalue weighted by Crippen LogP contribution is -2.44. The Labute approximate surface area is 104 Å². The minimum atomic E-state index is -3.04. The van der Waals surface area contributed by atoms with Gasteiger partial charge in [0.15, 0.2) is 0 Å². The van der Waals surface area contributed by atoms with Gasteiger partial charge in [0.05, 0.1) is 5.25 Å². The maximum Gasteiger partial charge on any atom is 0.218 e. The van der Waals surface area contributed by atoms with Gasteiger partial charge in [-0.1, -0.05) is 12.8 Å². The minimum absolute atomic E-state index is 0.164. The average Bonchev–Trinajstić information content (AvgIpc) is 2.99. The molecule has 0 bridgehead atoms. The molecule has 0 amide bonds. The summed E-state index contributed by atoms with van der Waals surface area (Å²) < 4.78 is 27.0. The lowest BCUT2D eigenvalue weighted by atomic mass is 9.86. The van der Waals surface area contributed by atoms with Gasteiger partial charge in [0, 0.05) is 19.1 Å². The van der Waals surface area contributed by atoms with E-state index in [0.29, 0.717) is 18.5 Å². The second kappa shape index (κ2) is 4.52. The standard InChI is InChI=1S/C12H22N2O2S/c15-17(16,11-5-7-13-9-11)14-8-6-10-3-1-2-4-12(10)14/h10-13H,1-9H2. The Kier molecular flexibility index (Phi) is 3.17. The molecule has 2 saturated heterocycles. The molecule has 0 aromatic rings. The van der Waals surface area contributed by atoms with Crippen molar-refractivity contribution in [1.82, 2.24) is 9.62 Å². The molecule has 0 radical (unpaired) electrons. The average molecular weight is 258 g/mol. The van der Waals surface area contributed by atoms with Crippen molar-refractivity contribution in [3.8, 4) is 0 Å². The highest BCUT2D eigenvalue weighted by molar-refractivity contribution is 7.89. The van der Waals surface area contributed by atoms with E-state index in [2.05, 4.69) is 5.32 Å². The number of rotatable bonds is 2. The van der Waals surface area contributed by atoms with E-state index in [-0.39, 0.29) is 5.25 Å². The van der Waals surface area contributed by atoms with Gasteiger partial charge in [-0.3, -0.25) is 0 Å². The molecule has 1 aliphatic carbocycles. The SMILES string of the molecule is O=S(=O)(C1CCNC1)N1CCC2CCCCC21. The molecule has 4 nitrogen and oxygen atoms in total. The van der Waals surface area contributed by atoms with E-state index < -0.39 is 10.0 Å². The number of nitrogens with one attached hydrogen (secondary N) is 1. The Morgan fingerprint density at radius 1 is 1.06 bits per heavy atom. The van der Waals surface area contributed by atoms with Gasteiger partial charge >= 0.3 is 0 Å². The van der Waals surface area contributed by atoms with E-state index >= 15 is 0 Å². The van der Waals surface area contributed by atoms with E-state index in [1.54, 1.807) is 0 Å². The quantitative estimate of drug-likeness (QED) is 0.802. The van der Waals surface area contributed by atoms with Gasteiger partial charge in [-0.25, -0.2) is 8.42 Å².